The Morgan fingerprint density at radius 1 is 1.31 bits per heavy atom. The summed E-state index contributed by atoms with van der Waals surface area (Å²) in [7, 11) is 0. The summed E-state index contributed by atoms with van der Waals surface area (Å²) < 4.78 is 1.67. The highest BCUT2D eigenvalue weighted by molar-refractivity contribution is 5.99. The summed E-state index contributed by atoms with van der Waals surface area (Å²) in [6.07, 6.45) is 6.10. The summed E-state index contributed by atoms with van der Waals surface area (Å²) >= 11 is 0. The fourth-order valence-corrected chi connectivity index (χ4v) is 3.37. The smallest absolute Gasteiger partial charge is 0.259 e. The third kappa shape index (κ3) is 3.85. The van der Waals surface area contributed by atoms with Crippen molar-refractivity contribution in [2.24, 2.45) is 0 Å². The largest absolute Gasteiger partial charge is 0.352 e. The molecule has 140 valence electrons. The number of nitrogens with zero attached hydrogens (tertiary/aromatic N) is 5. The molecule has 1 aliphatic rings. The number of nitrogens with one attached hydrogen (secondary N) is 1. The normalized spacial score (nSPS) is 17.2. The molecule has 3 heterocycles. The van der Waals surface area contributed by atoms with Crippen LogP contribution in [0.4, 0.5) is 0 Å². The van der Waals surface area contributed by atoms with E-state index in [1.165, 1.54) is 6.92 Å². The van der Waals surface area contributed by atoms with Crippen LogP contribution in [-0.4, -0.2) is 68.4 Å². The van der Waals surface area contributed by atoms with Crippen LogP contribution in [0.15, 0.2) is 18.6 Å². The van der Waals surface area contributed by atoms with Gasteiger partial charge in [-0.15, -0.1) is 0 Å². The number of carbonyl (C=O) groups excluding carboxylic acids is 2. The van der Waals surface area contributed by atoms with Crippen LogP contribution in [0.25, 0.3) is 5.65 Å². The molecule has 0 bridgehead atoms. The van der Waals surface area contributed by atoms with Gasteiger partial charge in [-0.05, 0) is 19.5 Å². The first-order chi connectivity index (χ1) is 12.5. The molecule has 2 aromatic rings. The van der Waals surface area contributed by atoms with Gasteiger partial charge < -0.3 is 10.2 Å². The third-order valence-electron chi connectivity index (χ3n) is 4.82. The minimum Gasteiger partial charge on any atom is -0.352 e. The summed E-state index contributed by atoms with van der Waals surface area (Å²) in [6.45, 7) is 9.66. The van der Waals surface area contributed by atoms with Crippen molar-refractivity contribution in [2.45, 2.75) is 39.8 Å². The van der Waals surface area contributed by atoms with Crippen LogP contribution < -0.4 is 5.32 Å². The van der Waals surface area contributed by atoms with Crippen LogP contribution >= 0.6 is 0 Å². The molecule has 1 aliphatic heterocycles. The Hall–Kier alpha value is -2.48. The van der Waals surface area contributed by atoms with E-state index >= 15 is 0 Å². The van der Waals surface area contributed by atoms with Gasteiger partial charge in [-0.2, -0.15) is 5.10 Å². The van der Waals surface area contributed by atoms with Gasteiger partial charge in [0.1, 0.15) is 5.56 Å². The highest BCUT2D eigenvalue weighted by Crippen LogP contribution is 2.17. The summed E-state index contributed by atoms with van der Waals surface area (Å²) in [5.41, 5.74) is 2.14. The molecule has 1 N–H and O–H groups in total. The molecule has 2 aromatic heterocycles. The zero-order valence-corrected chi connectivity index (χ0v) is 15.6. The van der Waals surface area contributed by atoms with E-state index in [9.17, 15) is 9.59 Å². The maximum atomic E-state index is 12.8. The van der Waals surface area contributed by atoms with E-state index in [1.807, 2.05) is 12.4 Å². The van der Waals surface area contributed by atoms with Crippen molar-refractivity contribution in [2.75, 3.05) is 26.2 Å². The lowest BCUT2D eigenvalue weighted by molar-refractivity contribution is -0.119. The van der Waals surface area contributed by atoms with Gasteiger partial charge >= 0.3 is 0 Å². The number of aromatic nitrogens is 3. The fourth-order valence-electron chi connectivity index (χ4n) is 3.37. The Labute approximate surface area is 153 Å². The highest BCUT2D eigenvalue weighted by atomic mass is 16.2. The van der Waals surface area contributed by atoms with E-state index in [0.717, 1.165) is 31.6 Å². The van der Waals surface area contributed by atoms with Crippen LogP contribution in [0.2, 0.25) is 0 Å². The van der Waals surface area contributed by atoms with Crippen molar-refractivity contribution in [3.05, 3.63) is 29.7 Å². The van der Waals surface area contributed by atoms with Crippen molar-refractivity contribution >= 4 is 17.5 Å². The van der Waals surface area contributed by atoms with Crippen LogP contribution in [0.3, 0.4) is 0 Å². The average Bonchev–Trinajstić information content (AvgIpc) is 3.25. The minimum absolute atomic E-state index is 0.0203. The van der Waals surface area contributed by atoms with E-state index in [4.69, 9.17) is 0 Å². The van der Waals surface area contributed by atoms with Crippen LogP contribution in [0, 0.1) is 0 Å². The maximum Gasteiger partial charge on any atom is 0.259 e. The van der Waals surface area contributed by atoms with Gasteiger partial charge in [0.2, 0.25) is 5.91 Å². The number of fused-ring (bicyclic) bond motifs is 1. The Morgan fingerprint density at radius 2 is 2.08 bits per heavy atom. The number of amides is 2. The molecule has 2 amide bonds. The second kappa shape index (κ2) is 7.82. The molecule has 0 aromatic carbocycles. The molecule has 1 fully saturated rings. The summed E-state index contributed by atoms with van der Waals surface area (Å²) in [5, 5.41) is 7.19. The van der Waals surface area contributed by atoms with E-state index in [-0.39, 0.29) is 17.9 Å². The SMILES string of the molecule is CCN(CC)Cc1cnc2c(C(=O)N3CC[C@@H](NC(C)=O)C3)cnn2c1. The number of carbonyl (C=O) groups is 2. The second-order valence-electron chi connectivity index (χ2n) is 6.69. The lowest BCUT2D eigenvalue weighted by Gasteiger charge is -2.18. The van der Waals surface area contributed by atoms with Gasteiger partial charge in [-0.1, -0.05) is 13.8 Å². The van der Waals surface area contributed by atoms with Crippen molar-refractivity contribution in [3.8, 4) is 0 Å². The first-order valence-electron chi connectivity index (χ1n) is 9.12. The number of hydrogen-bond acceptors (Lipinski definition) is 5. The topological polar surface area (TPSA) is 82.8 Å². The molecule has 1 saturated heterocycles. The van der Waals surface area contributed by atoms with Gasteiger partial charge in [0.25, 0.3) is 5.91 Å². The first-order valence-corrected chi connectivity index (χ1v) is 9.12. The highest BCUT2D eigenvalue weighted by Gasteiger charge is 2.29. The number of likely N-dealkylation sites (tertiary alicyclic amines) is 1. The molecule has 26 heavy (non-hydrogen) atoms. The van der Waals surface area contributed by atoms with Gasteiger partial charge in [0, 0.05) is 50.6 Å². The molecular formula is C18H26N6O2. The predicted molar refractivity (Wildman–Crippen MR) is 97.7 cm³/mol. The number of rotatable bonds is 6. The van der Waals surface area contributed by atoms with Gasteiger partial charge in [0.15, 0.2) is 5.65 Å². The third-order valence-corrected chi connectivity index (χ3v) is 4.82. The van der Waals surface area contributed by atoms with Crippen molar-refractivity contribution in [3.63, 3.8) is 0 Å². The molecular weight excluding hydrogens is 332 g/mol. The Balaban J connectivity index is 1.74. The maximum absolute atomic E-state index is 12.8. The predicted octanol–water partition coefficient (Wildman–Crippen LogP) is 0.922. The van der Waals surface area contributed by atoms with Gasteiger partial charge in [0.05, 0.1) is 6.20 Å². The molecule has 0 aliphatic carbocycles. The fraction of sp³-hybridized carbons (Fsp3) is 0.556. The zero-order valence-electron chi connectivity index (χ0n) is 15.6. The van der Waals surface area contributed by atoms with E-state index in [2.05, 4.69) is 34.1 Å². The minimum atomic E-state index is -0.0863. The lowest BCUT2D eigenvalue weighted by Crippen LogP contribution is -2.37. The molecule has 8 heteroatoms. The Morgan fingerprint density at radius 3 is 2.77 bits per heavy atom. The summed E-state index contributed by atoms with van der Waals surface area (Å²) in [5.74, 6) is -0.153. The molecule has 0 spiro atoms. The molecule has 0 radical (unpaired) electrons. The molecule has 0 unspecified atom stereocenters. The quantitative estimate of drug-likeness (QED) is 0.830. The molecule has 1 atom stereocenters. The van der Waals surface area contributed by atoms with Crippen molar-refractivity contribution in [1.82, 2.24) is 29.7 Å². The molecule has 0 saturated carbocycles. The van der Waals surface area contributed by atoms with E-state index in [1.54, 1.807) is 15.6 Å². The van der Waals surface area contributed by atoms with Crippen LogP contribution in [0.5, 0.6) is 0 Å². The Bertz CT molecular complexity index is 798. The van der Waals surface area contributed by atoms with E-state index < -0.39 is 0 Å². The lowest BCUT2D eigenvalue weighted by atomic mass is 10.2. The second-order valence-corrected chi connectivity index (χ2v) is 6.69. The van der Waals surface area contributed by atoms with Crippen molar-refractivity contribution < 1.29 is 9.59 Å². The molecule has 3 rings (SSSR count). The number of hydrogen-bond donors (Lipinski definition) is 1. The summed E-state index contributed by atoms with van der Waals surface area (Å²) in [4.78, 5) is 32.5. The van der Waals surface area contributed by atoms with Crippen LogP contribution in [-0.2, 0) is 11.3 Å². The molecule has 8 nitrogen and oxygen atoms in total. The van der Waals surface area contributed by atoms with E-state index in [0.29, 0.717) is 24.3 Å². The standard InChI is InChI=1S/C18H26N6O2/c1-4-22(5-2)10-14-8-19-17-16(9-20-24(17)11-14)18(26)23-7-6-15(12-23)21-13(3)25/h8-9,11,15H,4-7,10,12H2,1-3H3,(H,21,25)/t15-/m1/s1. The van der Waals surface area contributed by atoms with Gasteiger partial charge in [-0.3, -0.25) is 14.5 Å². The summed E-state index contributed by atoms with van der Waals surface area (Å²) in [6, 6.07) is 0.0203. The van der Waals surface area contributed by atoms with Gasteiger partial charge in [-0.25, -0.2) is 9.50 Å². The first kappa shape index (κ1) is 18.3. The zero-order chi connectivity index (χ0) is 18.7. The average molecular weight is 358 g/mol. The van der Waals surface area contributed by atoms with Crippen molar-refractivity contribution in [1.29, 1.82) is 0 Å². The monoisotopic (exact) mass is 358 g/mol. The van der Waals surface area contributed by atoms with Crippen LogP contribution in [0.1, 0.15) is 43.1 Å². The Kier molecular flexibility index (Phi) is 5.51.